The van der Waals surface area contributed by atoms with Crippen LogP contribution in [0.2, 0.25) is 0 Å². The van der Waals surface area contributed by atoms with Crippen LogP contribution in [-0.4, -0.2) is 90.9 Å². The van der Waals surface area contributed by atoms with E-state index in [4.69, 9.17) is 5.41 Å². The van der Waals surface area contributed by atoms with Gasteiger partial charge in [0, 0.05) is 57.3 Å². The first-order valence-corrected chi connectivity index (χ1v) is 14.1. The first-order valence-electron chi connectivity index (χ1n) is 14.1. The van der Waals surface area contributed by atoms with Gasteiger partial charge in [-0.1, -0.05) is 30.3 Å². The molecule has 12 nitrogen and oxygen atoms in total. The molecule has 2 aliphatic rings. The predicted octanol–water partition coefficient (Wildman–Crippen LogP) is 3.43. The van der Waals surface area contributed by atoms with Crippen LogP contribution in [0.3, 0.4) is 0 Å². The average molecular weight is 596 g/mol. The van der Waals surface area contributed by atoms with Crippen molar-refractivity contribution in [2.75, 3.05) is 30.4 Å². The molecule has 2 bridgehead atoms. The van der Waals surface area contributed by atoms with Crippen LogP contribution in [0.1, 0.15) is 57.1 Å². The smallest absolute Gasteiger partial charge is 0.336 e. The summed E-state index contributed by atoms with van der Waals surface area (Å²) in [6.45, 7) is 1.20. The molecule has 3 heterocycles. The van der Waals surface area contributed by atoms with Gasteiger partial charge in [0.1, 0.15) is 5.75 Å². The maximum absolute atomic E-state index is 13.8. The summed E-state index contributed by atoms with van der Waals surface area (Å²) in [5.41, 5.74) is 1.71. The molecule has 4 unspecified atom stereocenters. The van der Waals surface area contributed by atoms with E-state index in [0.29, 0.717) is 29.1 Å². The fraction of sp³-hybridized carbons (Fsp3) is 0.448. The van der Waals surface area contributed by atoms with Crippen LogP contribution in [0.15, 0.2) is 48.5 Å². The molecule has 5 rings (SSSR count). The summed E-state index contributed by atoms with van der Waals surface area (Å²) in [7, 11) is 1.76. The normalized spacial score (nSPS) is 19.7. The molecule has 43 heavy (non-hydrogen) atoms. The molecule has 2 amide bonds. The summed E-state index contributed by atoms with van der Waals surface area (Å²) in [5.74, 6) is -0.536. The molecular formula is C29H35F2N9O3. The van der Waals surface area contributed by atoms with Crippen molar-refractivity contribution in [3.05, 3.63) is 59.9 Å². The van der Waals surface area contributed by atoms with Gasteiger partial charge in [-0.2, -0.15) is 13.5 Å². The molecule has 14 heteroatoms. The maximum Gasteiger partial charge on any atom is 0.336 e. The van der Waals surface area contributed by atoms with Gasteiger partial charge in [0.15, 0.2) is 5.82 Å². The van der Waals surface area contributed by atoms with Crippen molar-refractivity contribution in [3.8, 4) is 5.75 Å². The lowest BCUT2D eigenvalue weighted by Gasteiger charge is -2.44. The number of nitrogens with one attached hydrogen (secondary N) is 2. The minimum Gasteiger partial charge on any atom is -0.506 e. The molecule has 0 spiro atoms. The number of benzene rings is 2. The largest absolute Gasteiger partial charge is 0.506 e. The lowest BCUT2D eigenvalue weighted by Crippen LogP contribution is -2.58. The van der Waals surface area contributed by atoms with Crippen LogP contribution < -0.4 is 10.2 Å². The van der Waals surface area contributed by atoms with Gasteiger partial charge in [-0.15, -0.1) is 5.10 Å². The van der Waals surface area contributed by atoms with Crippen molar-refractivity contribution in [2.45, 2.75) is 63.8 Å². The number of anilines is 2. The molecule has 3 N–H and O–H groups in total. The van der Waals surface area contributed by atoms with Crippen LogP contribution in [-0.2, 0) is 9.59 Å². The highest BCUT2D eigenvalue weighted by molar-refractivity contribution is 6.37. The highest BCUT2D eigenvalue weighted by atomic mass is 19.3. The van der Waals surface area contributed by atoms with E-state index >= 15 is 0 Å². The summed E-state index contributed by atoms with van der Waals surface area (Å²) in [6.07, 6.45) is 1.61. The van der Waals surface area contributed by atoms with Crippen molar-refractivity contribution >= 4 is 28.9 Å². The van der Waals surface area contributed by atoms with Crippen LogP contribution >= 0.6 is 0 Å². The molecule has 0 saturated carbocycles. The van der Waals surface area contributed by atoms with E-state index in [1.165, 1.54) is 13.0 Å². The molecule has 2 saturated heterocycles. The molecular weight excluding hydrogens is 560 g/mol. The highest BCUT2D eigenvalue weighted by Gasteiger charge is 2.46. The summed E-state index contributed by atoms with van der Waals surface area (Å²) in [6, 6.07) is 12.6. The van der Waals surface area contributed by atoms with Gasteiger partial charge in [-0.05, 0) is 54.0 Å². The van der Waals surface area contributed by atoms with Gasteiger partial charge in [0.05, 0.1) is 17.4 Å². The maximum atomic E-state index is 13.8. The quantitative estimate of drug-likeness (QED) is 0.239. The number of phenolic OH excluding ortho intramolecular Hbond substituents is 1. The number of aromatic nitrogens is 4. The number of tetrazole rings is 1. The van der Waals surface area contributed by atoms with E-state index < -0.39 is 12.6 Å². The minimum absolute atomic E-state index is 0.0151. The lowest BCUT2D eigenvalue weighted by atomic mass is 10.0. The summed E-state index contributed by atoms with van der Waals surface area (Å²) in [5, 5.41) is 32.8. The Bertz CT molecular complexity index is 1470. The second kappa shape index (κ2) is 12.4. The van der Waals surface area contributed by atoms with Gasteiger partial charge in [-0.3, -0.25) is 19.9 Å². The summed E-state index contributed by atoms with van der Waals surface area (Å²) >= 11 is 0. The van der Waals surface area contributed by atoms with E-state index in [0.717, 1.165) is 18.4 Å². The van der Waals surface area contributed by atoms with Crippen LogP contribution in [0.5, 0.6) is 5.75 Å². The number of carbonyl (C=O) groups excluding carboxylic acids is 2. The Morgan fingerprint density at radius 1 is 1.14 bits per heavy atom. The van der Waals surface area contributed by atoms with E-state index in [1.807, 2.05) is 37.3 Å². The lowest BCUT2D eigenvalue weighted by molar-refractivity contribution is -0.130. The van der Waals surface area contributed by atoms with Crippen molar-refractivity contribution in [1.29, 1.82) is 5.41 Å². The monoisotopic (exact) mass is 595 g/mol. The number of hydrogen-bond donors (Lipinski definition) is 3. The Hall–Kier alpha value is -4.46. The Morgan fingerprint density at radius 2 is 1.81 bits per heavy atom. The van der Waals surface area contributed by atoms with Crippen molar-refractivity contribution in [1.82, 2.24) is 30.0 Å². The summed E-state index contributed by atoms with van der Waals surface area (Å²) < 4.78 is 28.1. The van der Waals surface area contributed by atoms with Crippen LogP contribution in [0.4, 0.5) is 20.2 Å². The standard InChI is InChI=1S/C29H35F2N9O3/c1-17(37(3)24-14-20(33-18(2)41)9-12-25(24)42)13-23(32)28(43)39-21-10-11-22(39)16-38(15-21)26(19-7-5-4-6-8-19)27-34-35-36-40(27)29(30)31/h4-9,12,14,17,21-22,26,29,32,42H,10-11,13,15-16H2,1-3H3,(H,33,41). The first kappa shape index (κ1) is 30.0. The molecule has 1 aromatic heterocycles. The zero-order valence-corrected chi connectivity index (χ0v) is 24.2. The Kier molecular flexibility index (Phi) is 8.67. The molecule has 0 aliphatic carbocycles. The van der Waals surface area contributed by atoms with Gasteiger partial charge in [-0.25, -0.2) is 0 Å². The number of rotatable bonds is 10. The van der Waals surface area contributed by atoms with Gasteiger partial charge >= 0.3 is 6.55 Å². The number of nitrogens with zero attached hydrogens (tertiary/aromatic N) is 7. The highest BCUT2D eigenvalue weighted by Crippen LogP contribution is 2.38. The second-order valence-corrected chi connectivity index (χ2v) is 11.2. The van der Waals surface area contributed by atoms with Crippen molar-refractivity contribution in [2.24, 2.45) is 0 Å². The number of halogens is 2. The fourth-order valence-corrected chi connectivity index (χ4v) is 6.16. The van der Waals surface area contributed by atoms with E-state index in [2.05, 4.69) is 25.7 Å². The van der Waals surface area contributed by atoms with Crippen LogP contribution in [0, 0.1) is 5.41 Å². The molecule has 0 radical (unpaired) electrons. The Balaban J connectivity index is 1.30. The number of alkyl halides is 2. The second-order valence-electron chi connectivity index (χ2n) is 11.2. The Labute approximate surface area is 247 Å². The fourth-order valence-electron chi connectivity index (χ4n) is 6.16. The van der Waals surface area contributed by atoms with E-state index in [-0.39, 0.29) is 53.6 Å². The number of piperazine rings is 1. The zero-order valence-electron chi connectivity index (χ0n) is 24.2. The molecule has 2 fully saturated rings. The molecule has 2 aromatic carbocycles. The van der Waals surface area contributed by atoms with Gasteiger partial charge in [0.2, 0.25) is 5.91 Å². The molecule has 228 valence electrons. The third-order valence-corrected chi connectivity index (χ3v) is 8.27. The van der Waals surface area contributed by atoms with E-state index in [1.54, 1.807) is 29.0 Å². The Morgan fingerprint density at radius 3 is 2.44 bits per heavy atom. The first-order chi connectivity index (χ1) is 20.5. The zero-order chi connectivity index (χ0) is 30.8. The van der Waals surface area contributed by atoms with Crippen molar-refractivity contribution in [3.63, 3.8) is 0 Å². The number of amides is 2. The third-order valence-electron chi connectivity index (χ3n) is 8.27. The average Bonchev–Trinajstić information content (AvgIpc) is 3.56. The predicted molar refractivity (Wildman–Crippen MR) is 155 cm³/mol. The molecule has 2 aliphatic heterocycles. The molecule has 3 aromatic rings. The number of aromatic hydroxyl groups is 1. The van der Waals surface area contributed by atoms with E-state index in [9.17, 15) is 23.5 Å². The summed E-state index contributed by atoms with van der Waals surface area (Å²) in [4.78, 5) is 30.7. The number of likely N-dealkylation sites (tertiary alicyclic amines) is 1. The van der Waals surface area contributed by atoms with Gasteiger partial charge in [0.25, 0.3) is 5.91 Å². The number of carbonyl (C=O) groups is 2. The van der Waals surface area contributed by atoms with Crippen LogP contribution in [0.25, 0.3) is 0 Å². The number of hydrogen-bond acceptors (Lipinski definition) is 9. The number of phenols is 1. The number of fused-ring (bicyclic) bond motifs is 2. The topological polar surface area (TPSA) is 144 Å². The molecule has 4 atom stereocenters. The SMILES string of the molecule is CC(=O)Nc1ccc(O)c(N(C)C(C)CC(=N)C(=O)N2C3CCC2CN(C(c2ccccc2)c2nnnn2C(F)F)C3)c1. The third kappa shape index (κ3) is 6.19. The van der Waals surface area contributed by atoms with Crippen molar-refractivity contribution < 1.29 is 23.5 Å². The minimum atomic E-state index is -2.90. The van der Waals surface area contributed by atoms with Gasteiger partial charge < -0.3 is 20.2 Å².